The van der Waals surface area contributed by atoms with Crippen molar-refractivity contribution in [2.24, 2.45) is 0 Å². The molecule has 0 aliphatic rings. The van der Waals surface area contributed by atoms with Crippen molar-refractivity contribution >= 4 is 10.8 Å². The molecular weight excluding hydrogens is 377 g/mol. The number of nitrogens with zero attached hydrogens (tertiary/aromatic N) is 3. The predicted octanol–water partition coefficient (Wildman–Crippen LogP) is -1.83. The molecule has 1 heterocycles. The van der Waals surface area contributed by atoms with Crippen molar-refractivity contribution in [3.63, 3.8) is 0 Å². The van der Waals surface area contributed by atoms with E-state index in [2.05, 4.69) is 66.5 Å². The van der Waals surface area contributed by atoms with Crippen LogP contribution in [0.15, 0.2) is 67.3 Å². The SMILES string of the molecule is Cc1ccc[c-]1C.[Cl-].[Cl-].[Ti+4].c1ccc2[cH-]c(-n3cnnc3)cc2c1. The molecule has 3 nitrogen and oxygen atoms in total. The smallest absolute Gasteiger partial charge is 1.00 e. The minimum atomic E-state index is 0. The first-order valence-electron chi connectivity index (χ1n) is 6.93. The third-order valence-corrected chi connectivity index (χ3v) is 3.63. The van der Waals surface area contributed by atoms with Gasteiger partial charge in [-0.25, -0.2) is 12.1 Å². The van der Waals surface area contributed by atoms with Crippen molar-refractivity contribution < 1.29 is 46.5 Å². The molecule has 0 spiro atoms. The fourth-order valence-corrected chi connectivity index (χ4v) is 2.22. The van der Waals surface area contributed by atoms with Crippen molar-refractivity contribution in [1.82, 2.24) is 14.8 Å². The van der Waals surface area contributed by atoms with E-state index in [1.165, 1.54) is 21.9 Å². The molecule has 4 rings (SSSR count). The maximum absolute atomic E-state index is 3.78. The topological polar surface area (TPSA) is 30.7 Å². The van der Waals surface area contributed by atoms with Crippen LogP contribution in [0.2, 0.25) is 0 Å². The molecule has 122 valence electrons. The molecule has 0 radical (unpaired) electrons. The molecule has 0 amide bonds. The Labute approximate surface area is 169 Å². The van der Waals surface area contributed by atoms with Crippen LogP contribution < -0.4 is 24.8 Å². The van der Waals surface area contributed by atoms with E-state index < -0.39 is 0 Å². The maximum atomic E-state index is 3.78. The predicted molar refractivity (Wildman–Crippen MR) is 86.0 cm³/mol. The van der Waals surface area contributed by atoms with Crippen molar-refractivity contribution in [3.8, 4) is 5.69 Å². The fraction of sp³-hybridized carbons (Fsp3) is 0.111. The largest absolute Gasteiger partial charge is 4.00 e. The Balaban J connectivity index is 0.000000463. The number of rotatable bonds is 1. The van der Waals surface area contributed by atoms with E-state index in [9.17, 15) is 0 Å². The van der Waals surface area contributed by atoms with Crippen LogP contribution in [0.1, 0.15) is 11.1 Å². The summed E-state index contributed by atoms with van der Waals surface area (Å²) >= 11 is 0. The Morgan fingerprint density at radius 2 is 1.67 bits per heavy atom. The fourth-order valence-electron chi connectivity index (χ4n) is 2.22. The molecule has 4 aromatic rings. The summed E-state index contributed by atoms with van der Waals surface area (Å²) in [5.41, 5.74) is 3.89. The Bertz CT molecular complexity index is 785. The van der Waals surface area contributed by atoms with Gasteiger partial charge in [-0.1, -0.05) is 19.9 Å². The summed E-state index contributed by atoms with van der Waals surface area (Å²) in [5, 5.41) is 10.1. The second kappa shape index (κ2) is 10.5. The van der Waals surface area contributed by atoms with E-state index in [1.807, 2.05) is 16.7 Å². The number of halogens is 2. The zero-order valence-electron chi connectivity index (χ0n) is 13.4. The summed E-state index contributed by atoms with van der Waals surface area (Å²) in [7, 11) is 0. The van der Waals surface area contributed by atoms with Crippen LogP contribution in [0.5, 0.6) is 0 Å². The van der Waals surface area contributed by atoms with E-state index in [0.717, 1.165) is 5.69 Å². The molecule has 3 aromatic carbocycles. The molecule has 0 saturated carbocycles. The number of aryl methyl sites for hydroxylation is 2. The van der Waals surface area contributed by atoms with Gasteiger partial charge in [-0.05, 0) is 5.69 Å². The van der Waals surface area contributed by atoms with Gasteiger partial charge in [0.2, 0.25) is 0 Å². The summed E-state index contributed by atoms with van der Waals surface area (Å²) in [6, 6.07) is 18.8. The first-order chi connectivity index (χ1) is 10.2. The number of hydrogen-bond donors (Lipinski definition) is 0. The van der Waals surface area contributed by atoms with Gasteiger partial charge in [0.1, 0.15) is 12.7 Å². The standard InChI is InChI=1S/C11H8N3.C7H9.2ClH.Ti/c1-2-4-10-6-11(5-9(10)3-1)14-7-12-13-8-14;1-6-4-3-5-7(6)2;;;/h1-8H;3-5H,1-2H3;2*1H;/q2*-1;;;+4/p-2. The average Bonchev–Trinajstić information content (AvgIpc) is 3.21. The van der Waals surface area contributed by atoms with Gasteiger partial charge in [0.15, 0.2) is 0 Å². The van der Waals surface area contributed by atoms with Gasteiger partial charge in [0, 0.05) is 0 Å². The van der Waals surface area contributed by atoms with Crippen LogP contribution in [0.4, 0.5) is 0 Å². The number of benzene rings is 1. The van der Waals surface area contributed by atoms with E-state index in [1.54, 1.807) is 12.7 Å². The second-order valence-corrected chi connectivity index (χ2v) is 5.10. The summed E-state index contributed by atoms with van der Waals surface area (Å²) in [6.07, 6.45) is 3.41. The van der Waals surface area contributed by atoms with Crippen LogP contribution in [0.25, 0.3) is 16.5 Å². The molecule has 0 aliphatic heterocycles. The van der Waals surface area contributed by atoms with E-state index in [-0.39, 0.29) is 46.5 Å². The van der Waals surface area contributed by atoms with Gasteiger partial charge in [-0.3, -0.25) is 0 Å². The van der Waals surface area contributed by atoms with Crippen LogP contribution in [-0.4, -0.2) is 14.8 Å². The van der Waals surface area contributed by atoms with Gasteiger partial charge < -0.3 is 29.4 Å². The van der Waals surface area contributed by atoms with Crippen molar-refractivity contribution in [3.05, 3.63) is 78.4 Å². The Hall–Kier alpha value is -1.39. The summed E-state index contributed by atoms with van der Waals surface area (Å²) in [6.45, 7) is 4.24. The third-order valence-electron chi connectivity index (χ3n) is 3.63. The third kappa shape index (κ3) is 5.32. The Morgan fingerprint density at radius 1 is 1.00 bits per heavy atom. The van der Waals surface area contributed by atoms with Crippen LogP contribution in [0.3, 0.4) is 0 Å². The molecular formula is C18H17Cl2N3Ti. The zero-order valence-corrected chi connectivity index (χ0v) is 16.5. The van der Waals surface area contributed by atoms with Gasteiger partial charge in [0.05, 0.1) is 0 Å². The molecule has 1 aromatic heterocycles. The van der Waals surface area contributed by atoms with E-state index in [0.29, 0.717) is 0 Å². The van der Waals surface area contributed by atoms with Crippen LogP contribution in [-0.2, 0) is 21.7 Å². The van der Waals surface area contributed by atoms with Crippen molar-refractivity contribution in [2.75, 3.05) is 0 Å². The summed E-state index contributed by atoms with van der Waals surface area (Å²) in [5.74, 6) is 0. The summed E-state index contributed by atoms with van der Waals surface area (Å²) in [4.78, 5) is 0. The first kappa shape index (κ1) is 22.6. The second-order valence-electron chi connectivity index (χ2n) is 5.10. The van der Waals surface area contributed by atoms with E-state index >= 15 is 0 Å². The van der Waals surface area contributed by atoms with Crippen molar-refractivity contribution in [2.45, 2.75) is 13.8 Å². The number of fused-ring (bicyclic) bond motifs is 1. The normalized spacial score (nSPS) is 9.08. The van der Waals surface area contributed by atoms with Crippen molar-refractivity contribution in [1.29, 1.82) is 0 Å². The zero-order chi connectivity index (χ0) is 14.7. The minimum absolute atomic E-state index is 0. The van der Waals surface area contributed by atoms with Crippen LogP contribution >= 0.6 is 0 Å². The molecule has 0 aliphatic carbocycles. The van der Waals surface area contributed by atoms with Gasteiger partial charge in [0.25, 0.3) is 0 Å². The average molecular weight is 394 g/mol. The number of hydrogen-bond acceptors (Lipinski definition) is 2. The van der Waals surface area contributed by atoms with Gasteiger partial charge in [-0.15, -0.1) is 51.3 Å². The molecule has 0 fully saturated rings. The first-order valence-corrected chi connectivity index (χ1v) is 6.93. The minimum Gasteiger partial charge on any atom is -1.00 e. The molecule has 0 atom stereocenters. The maximum Gasteiger partial charge on any atom is 4.00 e. The summed E-state index contributed by atoms with van der Waals surface area (Å²) < 4.78 is 1.90. The molecule has 24 heavy (non-hydrogen) atoms. The van der Waals surface area contributed by atoms with E-state index in [4.69, 9.17) is 0 Å². The van der Waals surface area contributed by atoms with Crippen LogP contribution in [0, 0.1) is 13.8 Å². The Morgan fingerprint density at radius 3 is 2.17 bits per heavy atom. The molecule has 0 N–H and O–H groups in total. The molecule has 0 unspecified atom stereocenters. The molecule has 0 bridgehead atoms. The molecule has 6 heteroatoms. The number of aromatic nitrogens is 3. The monoisotopic (exact) mass is 393 g/mol. The quantitative estimate of drug-likeness (QED) is 0.281. The van der Waals surface area contributed by atoms with Gasteiger partial charge >= 0.3 is 21.7 Å². The Kier molecular flexibility index (Phi) is 9.87. The molecule has 0 saturated heterocycles. The van der Waals surface area contributed by atoms with Gasteiger partial charge in [-0.2, -0.15) is 17.2 Å².